The summed E-state index contributed by atoms with van der Waals surface area (Å²) in [5.74, 6) is 0. The van der Waals surface area contributed by atoms with Crippen molar-refractivity contribution in [2.75, 3.05) is 0 Å². The Kier molecular flexibility index (Phi) is 11.5. The fraction of sp³-hybridized carbons (Fsp3) is 0.143. The monoisotopic (exact) mass is 828 g/mol. The van der Waals surface area contributed by atoms with Crippen molar-refractivity contribution in [2.24, 2.45) is 0 Å². The van der Waals surface area contributed by atoms with Crippen molar-refractivity contribution >= 4 is 21.9 Å². The van der Waals surface area contributed by atoms with Crippen molar-refractivity contribution in [1.82, 2.24) is 0 Å². The molecule has 0 atom stereocenters. The zero-order valence-corrected chi connectivity index (χ0v) is 38.2. The van der Waals surface area contributed by atoms with Crippen molar-refractivity contribution in [1.29, 1.82) is 0 Å². The Morgan fingerprint density at radius 3 is 1.97 bits per heavy atom. The molecular weight excluding hydrogens is 773 g/mol. The molecule has 0 N–H and O–H groups in total. The van der Waals surface area contributed by atoms with Gasteiger partial charge >= 0.3 is 0 Å². The van der Waals surface area contributed by atoms with Crippen LogP contribution >= 0.6 is 0 Å². The lowest BCUT2D eigenvalue weighted by Gasteiger charge is -2.22. The highest BCUT2D eigenvalue weighted by Gasteiger charge is 2.35. The van der Waals surface area contributed by atoms with Gasteiger partial charge in [0.05, 0.1) is 0 Å². The van der Waals surface area contributed by atoms with Gasteiger partial charge in [-0.3, -0.25) is 0 Å². The third-order valence-electron chi connectivity index (χ3n) is 13.2. The van der Waals surface area contributed by atoms with Crippen molar-refractivity contribution in [3.05, 3.63) is 239 Å². The topological polar surface area (TPSA) is 13.1 Å². The van der Waals surface area contributed by atoms with Gasteiger partial charge in [-0.05, 0) is 172 Å². The second kappa shape index (κ2) is 17.5. The second-order valence-electron chi connectivity index (χ2n) is 17.9. The van der Waals surface area contributed by atoms with Crippen LogP contribution < -0.4 is 0 Å². The van der Waals surface area contributed by atoms with Gasteiger partial charge in [0.25, 0.3) is 0 Å². The molecule has 1 heterocycles. The number of rotatable bonds is 8. The summed E-state index contributed by atoms with van der Waals surface area (Å²) in [6, 6.07) is 60.4. The molecule has 0 bridgehead atoms. The molecule has 0 radical (unpaired) electrons. The minimum absolute atomic E-state index is 0.0139. The van der Waals surface area contributed by atoms with Crippen molar-refractivity contribution in [3.8, 4) is 55.6 Å². The fourth-order valence-electron chi connectivity index (χ4n) is 9.83. The Bertz CT molecular complexity index is 3270. The maximum absolute atomic E-state index is 6.56. The first-order chi connectivity index (χ1) is 31.0. The summed E-state index contributed by atoms with van der Waals surface area (Å²) in [5.41, 5.74) is 24.9. The first-order valence-corrected chi connectivity index (χ1v) is 22.5. The van der Waals surface area contributed by atoms with Gasteiger partial charge in [-0.15, -0.1) is 0 Å². The number of hydrogen-bond donors (Lipinski definition) is 0. The predicted octanol–water partition coefficient (Wildman–Crippen LogP) is 17.8. The van der Waals surface area contributed by atoms with Crippen LogP contribution in [0.3, 0.4) is 0 Å². The maximum Gasteiger partial charge on any atom is 0.136 e. The van der Waals surface area contributed by atoms with E-state index in [1.165, 1.54) is 100 Å². The molecule has 0 spiro atoms. The number of furan rings is 1. The molecule has 64 heavy (non-hydrogen) atoms. The van der Waals surface area contributed by atoms with E-state index in [4.69, 9.17) is 4.42 Å². The average Bonchev–Trinajstić information content (AvgIpc) is 3.78. The van der Waals surface area contributed by atoms with E-state index in [9.17, 15) is 0 Å². The highest BCUT2D eigenvalue weighted by atomic mass is 16.3. The zero-order chi connectivity index (χ0) is 44.5. The van der Waals surface area contributed by atoms with Crippen LogP contribution in [0.4, 0.5) is 0 Å². The number of benzene rings is 8. The summed E-state index contributed by atoms with van der Waals surface area (Å²) in [6.45, 7) is 19.0. The van der Waals surface area contributed by atoms with Crippen molar-refractivity contribution in [2.45, 2.75) is 60.3 Å². The molecule has 0 aliphatic heterocycles. The van der Waals surface area contributed by atoms with Crippen LogP contribution in [0.5, 0.6) is 0 Å². The molecule has 0 unspecified atom stereocenters. The van der Waals surface area contributed by atoms with E-state index in [1.54, 1.807) is 6.08 Å². The molecule has 9 aromatic rings. The number of aryl methyl sites for hydroxylation is 3. The van der Waals surface area contributed by atoms with Gasteiger partial charge in [-0.1, -0.05) is 178 Å². The Hall–Kier alpha value is -7.22. The minimum atomic E-state index is -0.0139. The summed E-state index contributed by atoms with van der Waals surface area (Å²) in [4.78, 5) is 0. The first kappa shape index (κ1) is 42.1. The van der Waals surface area contributed by atoms with E-state index in [-0.39, 0.29) is 5.41 Å². The fourth-order valence-corrected chi connectivity index (χ4v) is 9.83. The highest BCUT2D eigenvalue weighted by Crippen LogP contribution is 2.51. The summed E-state index contributed by atoms with van der Waals surface area (Å²) in [7, 11) is 0. The zero-order valence-electron chi connectivity index (χ0n) is 38.2. The largest absolute Gasteiger partial charge is 0.456 e. The normalized spacial score (nSPS) is 12.9. The van der Waals surface area contributed by atoms with Gasteiger partial charge in [-0.2, -0.15) is 0 Å². The molecule has 1 nitrogen and oxygen atoms in total. The quantitative estimate of drug-likeness (QED) is 0.139. The lowest BCUT2D eigenvalue weighted by atomic mass is 9.81. The standard InChI is InChI=1S/C55H44O.C8H12/c1-34-14-9-10-17-42(34)47-32-41(25-24-40(47)29-37-15-7-6-8-16-37)43-19-13-21-53-54(43)49-31-39(26-27-52(49)56-53)38-23-22-35(2)45(30-38)46-33-48-44-18-11-12-20-50(44)55(4,5)51(48)28-36(46)3;1-4-6-8(3)7-5-2/h6-28,30-33H,29H2,1-5H3;4-7H,1H2,2-3H3/b;7-5-,8-6-. The number of fused-ring (bicyclic) bond motifs is 6. The van der Waals surface area contributed by atoms with E-state index in [0.717, 1.165) is 28.4 Å². The van der Waals surface area contributed by atoms with Crippen LogP contribution in [0.1, 0.15) is 66.6 Å². The van der Waals surface area contributed by atoms with Crippen LogP contribution in [-0.4, -0.2) is 0 Å². The lowest BCUT2D eigenvalue weighted by molar-refractivity contribution is 0.660. The lowest BCUT2D eigenvalue weighted by Crippen LogP contribution is -2.15. The van der Waals surface area contributed by atoms with E-state index in [0.29, 0.717) is 0 Å². The van der Waals surface area contributed by atoms with Gasteiger partial charge in [0.2, 0.25) is 0 Å². The van der Waals surface area contributed by atoms with Gasteiger partial charge in [0.15, 0.2) is 0 Å². The van der Waals surface area contributed by atoms with Gasteiger partial charge in [-0.25, -0.2) is 0 Å². The van der Waals surface area contributed by atoms with E-state index < -0.39 is 0 Å². The van der Waals surface area contributed by atoms with Gasteiger partial charge < -0.3 is 4.42 Å². The van der Waals surface area contributed by atoms with E-state index >= 15 is 0 Å². The molecule has 1 aromatic heterocycles. The summed E-state index contributed by atoms with van der Waals surface area (Å²) < 4.78 is 6.56. The van der Waals surface area contributed by atoms with Gasteiger partial charge in [0.1, 0.15) is 11.2 Å². The molecule has 0 saturated carbocycles. The third kappa shape index (κ3) is 7.88. The Balaban J connectivity index is 0.000000594. The predicted molar refractivity (Wildman–Crippen MR) is 275 cm³/mol. The minimum Gasteiger partial charge on any atom is -0.456 e. The Morgan fingerprint density at radius 1 is 0.531 bits per heavy atom. The van der Waals surface area contributed by atoms with Crippen LogP contribution in [0.15, 0.2) is 205 Å². The van der Waals surface area contributed by atoms with Crippen LogP contribution in [0.2, 0.25) is 0 Å². The maximum atomic E-state index is 6.56. The Labute approximate surface area is 379 Å². The molecule has 1 aliphatic rings. The van der Waals surface area contributed by atoms with Crippen molar-refractivity contribution in [3.63, 3.8) is 0 Å². The molecule has 1 aliphatic carbocycles. The third-order valence-corrected chi connectivity index (χ3v) is 13.2. The number of hydrogen-bond acceptors (Lipinski definition) is 1. The molecule has 0 amide bonds. The van der Waals surface area contributed by atoms with Crippen molar-refractivity contribution < 1.29 is 4.42 Å². The molecule has 8 aromatic carbocycles. The number of allylic oxidation sites excluding steroid dienone is 5. The molecule has 10 rings (SSSR count). The molecule has 0 saturated heterocycles. The highest BCUT2D eigenvalue weighted by molar-refractivity contribution is 6.13. The Morgan fingerprint density at radius 2 is 1.19 bits per heavy atom. The average molecular weight is 829 g/mol. The molecule has 0 fully saturated rings. The van der Waals surface area contributed by atoms with E-state index in [1.807, 2.05) is 32.1 Å². The summed E-state index contributed by atoms with van der Waals surface area (Å²) >= 11 is 0. The molecular formula is C63H56O. The summed E-state index contributed by atoms with van der Waals surface area (Å²) in [6.07, 6.45) is 8.69. The molecule has 314 valence electrons. The first-order valence-electron chi connectivity index (χ1n) is 22.5. The second-order valence-corrected chi connectivity index (χ2v) is 17.9. The van der Waals surface area contributed by atoms with Gasteiger partial charge in [0, 0.05) is 16.2 Å². The molecule has 1 heteroatoms. The summed E-state index contributed by atoms with van der Waals surface area (Å²) in [5, 5.41) is 2.28. The van der Waals surface area contributed by atoms with Crippen LogP contribution in [0.25, 0.3) is 77.6 Å². The van der Waals surface area contributed by atoms with Crippen LogP contribution in [-0.2, 0) is 11.8 Å². The van der Waals surface area contributed by atoms with E-state index in [2.05, 4.69) is 205 Å². The van der Waals surface area contributed by atoms with Crippen LogP contribution in [0, 0.1) is 20.8 Å². The SMILES string of the molecule is C=C/C=C(C)\C=C/C.Cc1ccc(-c2ccc3oc4cccc(-c5ccc(Cc6ccccc6)c(-c6ccccc6C)c5)c4c3c2)cc1-c1cc2c(cc1C)C(C)(C)c1ccccc1-2. The smallest absolute Gasteiger partial charge is 0.136 e.